The molecule has 1 saturated heterocycles. The van der Waals surface area contributed by atoms with Crippen molar-refractivity contribution in [2.75, 3.05) is 13.7 Å². The van der Waals surface area contributed by atoms with E-state index in [0.29, 0.717) is 13.0 Å². The van der Waals surface area contributed by atoms with E-state index in [9.17, 15) is 29.7 Å². The van der Waals surface area contributed by atoms with Crippen LogP contribution in [-0.4, -0.2) is 58.3 Å². The van der Waals surface area contributed by atoms with E-state index in [1.54, 1.807) is 6.07 Å². The summed E-state index contributed by atoms with van der Waals surface area (Å²) < 4.78 is 17.0. The van der Waals surface area contributed by atoms with E-state index in [2.05, 4.69) is 0 Å². The molecule has 0 unspecified atom stereocenters. The molecule has 3 atom stereocenters. The average Bonchev–Trinajstić information content (AvgIpc) is 2.84. The minimum Gasteiger partial charge on any atom is -0.507 e. The molecule has 35 heavy (non-hydrogen) atoms. The van der Waals surface area contributed by atoms with Crippen molar-refractivity contribution >= 4 is 17.3 Å². The Kier molecular flexibility index (Phi) is 5.66. The molecule has 3 aliphatic rings. The second kappa shape index (κ2) is 8.44. The monoisotopic (exact) mass is 482 g/mol. The maximum absolute atomic E-state index is 13.6. The van der Waals surface area contributed by atoms with Crippen LogP contribution in [0.2, 0.25) is 0 Å². The molecule has 0 spiro atoms. The van der Waals surface area contributed by atoms with Crippen LogP contribution in [0, 0.1) is 0 Å². The third-order valence-corrected chi connectivity index (χ3v) is 7.19. The Morgan fingerprint density at radius 2 is 1.83 bits per heavy atom. The Labute approximate surface area is 201 Å². The van der Waals surface area contributed by atoms with Crippen LogP contribution in [0.25, 0.3) is 0 Å². The minimum atomic E-state index is -1.90. The fourth-order valence-electron chi connectivity index (χ4n) is 5.30. The minimum absolute atomic E-state index is 0.00138. The number of hydrogen-bond donors (Lipinski definition) is 3. The standard InChI is InChI=1S/C26H26O9/c1-12(27)26(32)10-14-19(16(11-26)35-17-8-3-4-9-34-17)25(31)21-20(23(14)29)22(28)13-6-5-7-15(33-2)18(13)24(21)30/h5-7,16-17,29,31-32H,3-4,8-11H2,1-2H3/t16-,17+,26-/m0/s1. The summed E-state index contributed by atoms with van der Waals surface area (Å²) in [6.45, 7) is 1.71. The third kappa shape index (κ3) is 3.53. The SMILES string of the molecule is COc1cccc2c1C(=O)c1c(O)c3c(c(O)c1C2=O)C[C@@](O)(C(C)=O)C[C@@H]3O[C@@H]1CCCCO1. The van der Waals surface area contributed by atoms with Crippen LogP contribution in [0.3, 0.4) is 0 Å². The fourth-order valence-corrected chi connectivity index (χ4v) is 5.30. The number of fused-ring (bicyclic) bond motifs is 3. The molecule has 3 N–H and O–H groups in total. The van der Waals surface area contributed by atoms with Crippen LogP contribution < -0.4 is 4.74 Å². The molecular formula is C26H26O9. The molecule has 2 aromatic rings. The molecule has 5 rings (SSSR count). The molecule has 0 radical (unpaired) electrons. The summed E-state index contributed by atoms with van der Waals surface area (Å²) in [5.41, 5.74) is -2.53. The molecule has 9 heteroatoms. The zero-order chi connectivity index (χ0) is 25.1. The van der Waals surface area contributed by atoms with E-state index >= 15 is 0 Å². The summed E-state index contributed by atoms with van der Waals surface area (Å²) in [4.78, 5) is 39.4. The Morgan fingerprint density at radius 3 is 2.49 bits per heavy atom. The van der Waals surface area contributed by atoms with Gasteiger partial charge in [-0.2, -0.15) is 0 Å². The number of methoxy groups -OCH3 is 1. The van der Waals surface area contributed by atoms with Crippen LogP contribution >= 0.6 is 0 Å². The van der Waals surface area contributed by atoms with Gasteiger partial charge in [0.25, 0.3) is 0 Å². The molecule has 1 heterocycles. The molecule has 2 aromatic carbocycles. The average molecular weight is 482 g/mol. The van der Waals surface area contributed by atoms with E-state index in [1.165, 1.54) is 26.2 Å². The molecule has 0 amide bonds. The van der Waals surface area contributed by atoms with Gasteiger partial charge in [-0.25, -0.2) is 0 Å². The first-order valence-corrected chi connectivity index (χ1v) is 11.6. The van der Waals surface area contributed by atoms with Crippen LogP contribution in [0.5, 0.6) is 17.2 Å². The van der Waals surface area contributed by atoms with Gasteiger partial charge in [0.05, 0.1) is 29.9 Å². The zero-order valence-electron chi connectivity index (χ0n) is 19.4. The molecule has 1 fully saturated rings. The predicted octanol–water partition coefficient (Wildman–Crippen LogP) is 2.73. The molecule has 184 valence electrons. The van der Waals surface area contributed by atoms with Crippen molar-refractivity contribution in [3.05, 3.63) is 51.6 Å². The first kappa shape index (κ1) is 23.5. The summed E-state index contributed by atoms with van der Waals surface area (Å²) in [6, 6.07) is 4.52. The quantitative estimate of drug-likeness (QED) is 0.479. The largest absolute Gasteiger partial charge is 0.507 e. The number of carbonyl (C=O) groups excluding carboxylic acids is 3. The van der Waals surface area contributed by atoms with Crippen LogP contribution in [0.1, 0.15) is 81.7 Å². The maximum atomic E-state index is 13.6. The number of carbonyl (C=O) groups is 3. The number of aliphatic hydroxyl groups is 1. The number of phenolic OH excluding ortho intramolecular Hbond substituents is 2. The van der Waals surface area contributed by atoms with Gasteiger partial charge in [0.2, 0.25) is 5.78 Å². The molecule has 0 saturated carbocycles. The Hall–Kier alpha value is -3.27. The normalized spacial score (nSPS) is 25.5. The highest BCUT2D eigenvalue weighted by Crippen LogP contribution is 2.52. The Balaban J connectivity index is 1.72. The van der Waals surface area contributed by atoms with E-state index in [4.69, 9.17) is 14.2 Å². The number of rotatable bonds is 4. The molecule has 0 bridgehead atoms. The van der Waals surface area contributed by atoms with Crippen molar-refractivity contribution in [2.24, 2.45) is 0 Å². The van der Waals surface area contributed by atoms with Crippen LogP contribution in [-0.2, 0) is 20.7 Å². The summed E-state index contributed by atoms with van der Waals surface area (Å²) in [7, 11) is 1.36. The second-order valence-corrected chi connectivity index (χ2v) is 9.27. The summed E-state index contributed by atoms with van der Waals surface area (Å²) in [6.07, 6.45) is 0.0395. The van der Waals surface area contributed by atoms with Gasteiger partial charge in [0.15, 0.2) is 17.9 Å². The van der Waals surface area contributed by atoms with Gasteiger partial charge in [0.1, 0.15) is 22.8 Å². The molecule has 2 aliphatic carbocycles. The number of benzene rings is 2. The van der Waals surface area contributed by atoms with E-state index < -0.39 is 46.8 Å². The van der Waals surface area contributed by atoms with Crippen molar-refractivity contribution in [1.29, 1.82) is 0 Å². The molecular weight excluding hydrogens is 456 g/mol. The Bertz CT molecular complexity index is 1260. The maximum Gasteiger partial charge on any atom is 0.202 e. The summed E-state index contributed by atoms with van der Waals surface area (Å²) in [5.74, 6) is -2.81. The van der Waals surface area contributed by atoms with Gasteiger partial charge in [-0.1, -0.05) is 12.1 Å². The highest BCUT2D eigenvalue weighted by molar-refractivity contribution is 6.31. The van der Waals surface area contributed by atoms with Gasteiger partial charge in [0, 0.05) is 36.1 Å². The van der Waals surface area contributed by atoms with Gasteiger partial charge in [-0.05, 0) is 32.3 Å². The summed E-state index contributed by atoms with van der Waals surface area (Å²) >= 11 is 0. The Morgan fingerprint density at radius 1 is 1.09 bits per heavy atom. The molecule has 9 nitrogen and oxygen atoms in total. The van der Waals surface area contributed by atoms with Crippen molar-refractivity contribution in [1.82, 2.24) is 0 Å². The van der Waals surface area contributed by atoms with Crippen molar-refractivity contribution < 1.29 is 43.9 Å². The lowest BCUT2D eigenvalue weighted by Gasteiger charge is -2.40. The van der Waals surface area contributed by atoms with Gasteiger partial charge >= 0.3 is 0 Å². The van der Waals surface area contributed by atoms with Crippen molar-refractivity contribution in [2.45, 2.75) is 57.0 Å². The topological polar surface area (TPSA) is 140 Å². The van der Waals surface area contributed by atoms with E-state index in [-0.39, 0.29) is 52.0 Å². The summed E-state index contributed by atoms with van der Waals surface area (Å²) in [5, 5.41) is 33.8. The first-order valence-electron chi connectivity index (χ1n) is 11.6. The number of Topliss-reactive ketones (excluding diaryl/α,β-unsaturated/α-hetero) is 1. The number of ether oxygens (including phenoxy) is 3. The number of hydrogen-bond acceptors (Lipinski definition) is 9. The highest BCUT2D eigenvalue weighted by Gasteiger charge is 2.48. The van der Waals surface area contributed by atoms with Crippen LogP contribution in [0.15, 0.2) is 18.2 Å². The molecule has 1 aliphatic heterocycles. The smallest absolute Gasteiger partial charge is 0.202 e. The van der Waals surface area contributed by atoms with E-state index in [0.717, 1.165) is 12.8 Å². The number of aromatic hydroxyl groups is 2. The van der Waals surface area contributed by atoms with Gasteiger partial charge < -0.3 is 29.5 Å². The van der Waals surface area contributed by atoms with Gasteiger partial charge in [-0.3, -0.25) is 14.4 Å². The fraction of sp³-hybridized carbons (Fsp3) is 0.423. The number of ketones is 3. The second-order valence-electron chi connectivity index (χ2n) is 9.27. The lowest BCUT2D eigenvalue weighted by molar-refractivity contribution is -0.203. The lowest BCUT2D eigenvalue weighted by Crippen LogP contribution is -2.45. The van der Waals surface area contributed by atoms with Crippen LogP contribution in [0.4, 0.5) is 0 Å². The lowest BCUT2D eigenvalue weighted by atomic mass is 9.72. The predicted molar refractivity (Wildman–Crippen MR) is 121 cm³/mol. The number of phenols is 2. The third-order valence-electron chi connectivity index (χ3n) is 7.19. The van der Waals surface area contributed by atoms with Gasteiger partial charge in [-0.15, -0.1) is 0 Å². The zero-order valence-corrected chi connectivity index (χ0v) is 19.4. The van der Waals surface area contributed by atoms with Crippen molar-refractivity contribution in [3.8, 4) is 17.2 Å². The van der Waals surface area contributed by atoms with E-state index in [1.807, 2.05) is 0 Å². The highest BCUT2D eigenvalue weighted by atomic mass is 16.7. The molecule has 0 aromatic heterocycles. The first-order chi connectivity index (χ1) is 16.7. The van der Waals surface area contributed by atoms with Crippen molar-refractivity contribution in [3.63, 3.8) is 0 Å².